The molecule has 2 rings (SSSR count). The molecule has 1 aromatic carbocycles. The summed E-state index contributed by atoms with van der Waals surface area (Å²) in [4.78, 5) is 17.4. The number of nitrogens with zero attached hydrogens (tertiary/aromatic N) is 1. The van der Waals surface area contributed by atoms with Gasteiger partial charge in [-0.15, -0.1) is 0 Å². The van der Waals surface area contributed by atoms with Gasteiger partial charge in [-0.2, -0.15) is 0 Å². The molecule has 0 aliphatic carbocycles. The van der Waals surface area contributed by atoms with Crippen LogP contribution in [0.3, 0.4) is 0 Å². The van der Waals surface area contributed by atoms with Gasteiger partial charge in [-0.3, -0.25) is 9.79 Å². The number of nitrogens with two attached hydrogens (primary N) is 1. The van der Waals surface area contributed by atoms with Crippen LogP contribution in [-0.4, -0.2) is 23.5 Å². The van der Waals surface area contributed by atoms with Crippen LogP contribution in [0, 0.1) is 17.3 Å². The molecule has 2 unspecified atom stereocenters. The molecule has 0 spiro atoms. The zero-order valence-electron chi connectivity index (χ0n) is 16.1. The minimum Gasteiger partial charge on any atom is -0.326 e. The van der Waals surface area contributed by atoms with E-state index in [-0.39, 0.29) is 17.4 Å². The highest BCUT2D eigenvalue weighted by molar-refractivity contribution is 6.65. The molecule has 2 N–H and O–H groups in total. The first kappa shape index (κ1) is 21.1. The summed E-state index contributed by atoms with van der Waals surface area (Å²) < 4.78 is 0. The van der Waals surface area contributed by atoms with Crippen LogP contribution in [0.4, 0.5) is 0 Å². The predicted octanol–water partition coefficient (Wildman–Crippen LogP) is 5.35. The standard InChI is InChI=1S/C21H28Cl2N2O/c1-12(2)19-18(20(23)26)17(13-6-8-14(22)9-7-13)15(11-24)16(25-19)10-21(3,4)5/h6-9,12,18-19H,10-11,24H2,1-5H3. The van der Waals surface area contributed by atoms with Crippen molar-refractivity contribution in [2.45, 2.75) is 47.1 Å². The molecule has 0 amide bonds. The molecule has 0 radical (unpaired) electrons. The molecular formula is C21H28Cl2N2O. The number of benzene rings is 1. The number of carbonyl (C=O) groups is 1. The summed E-state index contributed by atoms with van der Waals surface area (Å²) in [5.41, 5.74) is 9.94. The van der Waals surface area contributed by atoms with Crippen molar-refractivity contribution >= 4 is 39.7 Å². The maximum Gasteiger partial charge on any atom is 0.231 e. The predicted molar refractivity (Wildman–Crippen MR) is 112 cm³/mol. The van der Waals surface area contributed by atoms with E-state index in [1.165, 1.54) is 0 Å². The van der Waals surface area contributed by atoms with Crippen LogP contribution in [0.15, 0.2) is 34.8 Å². The maximum atomic E-state index is 12.4. The van der Waals surface area contributed by atoms with Gasteiger partial charge in [0.2, 0.25) is 5.24 Å². The molecule has 2 atom stereocenters. The van der Waals surface area contributed by atoms with Crippen LogP contribution in [0.1, 0.15) is 46.6 Å². The average Bonchev–Trinajstić information content (AvgIpc) is 2.52. The lowest BCUT2D eigenvalue weighted by Crippen LogP contribution is -2.38. The van der Waals surface area contributed by atoms with Crippen LogP contribution in [0.5, 0.6) is 0 Å². The third-order valence-electron chi connectivity index (χ3n) is 4.62. The van der Waals surface area contributed by atoms with E-state index in [4.69, 9.17) is 33.9 Å². The highest BCUT2D eigenvalue weighted by atomic mass is 35.5. The van der Waals surface area contributed by atoms with E-state index in [1.54, 1.807) is 0 Å². The molecule has 3 nitrogen and oxygen atoms in total. The Morgan fingerprint density at radius 2 is 1.81 bits per heavy atom. The topological polar surface area (TPSA) is 55.4 Å². The van der Waals surface area contributed by atoms with Gasteiger partial charge in [0.25, 0.3) is 0 Å². The fraction of sp³-hybridized carbons (Fsp3) is 0.524. The first-order chi connectivity index (χ1) is 12.0. The molecular weight excluding hydrogens is 367 g/mol. The molecule has 0 saturated heterocycles. The number of aliphatic imine (C=N–C) groups is 1. The van der Waals surface area contributed by atoms with E-state index in [0.29, 0.717) is 11.6 Å². The van der Waals surface area contributed by atoms with Crippen molar-refractivity contribution in [2.24, 2.45) is 28.0 Å². The lowest BCUT2D eigenvalue weighted by atomic mass is 9.75. The van der Waals surface area contributed by atoms with E-state index in [0.717, 1.165) is 28.8 Å². The smallest absolute Gasteiger partial charge is 0.231 e. The van der Waals surface area contributed by atoms with Gasteiger partial charge in [-0.05, 0) is 58.2 Å². The number of halogens is 2. The van der Waals surface area contributed by atoms with Gasteiger partial charge in [-0.1, -0.05) is 58.4 Å². The minimum atomic E-state index is -0.500. The van der Waals surface area contributed by atoms with Crippen molar-refractivity contribution < 1.29 is 4.79 Å². The Bertz CT molecular complexity index is 727. The van der Waals surface area contributed by atoms with Crippen molar-refractivity contribution in [3.05, 3.63) is 40.4 Å². The molecule has 0 aromatic heterocycles. The summed E-state index contributed by atoms with van der Waals surface area (Å²) in [6, 6.07) is 7.31. The normalized spacial score (nSPS) is 21.2. The number of rotatable bonds is 5. The van der Waals surface area contributed by atoms with Crippen molar-refractivity contribution in [1.29, 1.82) is 0 Å². The minimum absolute atomic E-state index is 0.0592. The van der Waals surface area contributed by atoms with Crippen molar-refractivity contribution in [3.63, 3.8) is 0 Å². The van der Waals surface area contributed by atoms with Gasteiger partial charge in [-0.25, -0.2) is 0 Å². The number of hydrogen-bond donors (Lipinski definition) is 1. The molecule has 26 heavy (non-hydrogen) atoms. The van der Waals surface area contributed by atoms with Crippen LogP contribution < -0.4 is 5.73 Å². The zero-order chi connectivity index (χ0) is 19.6. The van der Waals surface area contributed by atoms with Gasteiger partial charge in [0.1, 0.15) is 0 Å². The summed E-state index contributed by atoms with van der Waals surface area (Å²) in [5, 5.41) is 0.260. The van der Waals surface area contributed by atoms with Crippen LogP contribution >= 0.6 is 23.2 Å². The van der Waals surface area contributed by atoms with Crippen LogP contribution in [0.2, 0.25) is 5.02 Å². The molecule has 1 aliphatic rings. The summed E-state index contributed by atoms with van der Waals surface area (Å²) in [5.74, 6) is -0.320. The summed E-state index contributed by atoms with van der Waals surface area (Å²) in [7, 11) is 0. The second kappa shape index (κ2) is 8.24. The molecule has 1 heterocycles. The Kier molecular flexibility index (Phi) is 6.70. The highest BCUT2D eigenvalue weighted by Crippen LogP contribution is 2.41. The van der Waals surface area contributed by atoms with Crippen molar-refractivity contribution in [1.82, 2.24) is 0 Å². The SMILES string of the molecule is CC(C)C1N=C(CC(C)(C)C)C(CN)=C(c2ccc(Cl)cc2)C1C(=O)Cl. The maximum absolute atomic E-state index is 12.4. The van der Waals surface area contributed by atoms with E-state index < -0.39 is 11.2 Å². The Morgan fingerprint density at radius 3 is 2.23 bits per heavy atom. The second-order valence-electron chi connectivity index (χ2n) is 8.43. The van der Waals surface area contributed by atoms with Crippen molar-refractivity contribution in [3.8, 4) is 0 Å². The average molecular weight is 395 g/mol. The fourth-order valence-corrected chi connectivity index (χ4v) is 3.86. The summed E-state index contributed by atoms with van der Waals surface area (Å²) in [6.07, 6.45) is 0.795. The molecule has 1 aromatic rings. The van der Waals surface area contributed by atoms with E-state index in [9.17, 15) is 4.79 Å². The van der Waals surface area contributed by atoms with E-state index >= 15 is 0 Å². The lowest BCUT2D eigenvalue weighted by molar-refractivity contribution is -0.114. The lowest BCUT2D eigenvalue weighted by Gasteiger charge is -2.36. The quantitative estimate of drug-likeness (QED) is 0.684. The number of hydrogen-bond acceptors (Lipinski definition) is 3. The number of carbonyl (C=O) groups excluding carboxylic acids is 1. The first-order valence-corrected chi connectivity index (χ1v) is 9.76. The monoisotopic (exact) mass is 394 g/mol. The molecule has 0 fully saturated rings. The van der Waals surface area contributed by atoms with Gasteiger partial charge >= 0.3 is 0 Å². The molecule has 0 saturated carbocycles. The Hall–Kier alpha value is -1.16. The van der Waals surface area contributed by atoms with Crippen LogP contribution in [-0.2, 0) is 4.79 Å². The highest BCUT2D eigenvalue weighted by Gasteiger charge is 2.39. The third kappa shape index (κ3) is 4.76. The summed E-state index contributed by atoms with van der Waals surface area (Å²) >= 11 is 12.1. The van der Waals surface area contributed by atoms with Gasteiger partial charge in [0.05, 0.1) is 12.0 Å². The van der Waals surface area contributed by atoms with Crippen LogP contribution in [0.25, 0.3) is 5.57 Å². The van der Waals surface area contributed by atoms with Gasteiger partial charge < -0.3 is 5.73 Å². The summed E-state index contributed by atoms with van der Waals surface area (Å²) in [6.45, 7) is 11.0. The largest absolute Gasteiger partial charge is 0.326 e. The number of dihydropyridines is 1. The van der Waals surface area contributed by atoms with Gasteiger partial charge in [0.15, 0.2) is 0 Å². The fourth-order valence-electron chi connectivity index (χ4n) is 3.49. The third-order valence-corrected chi connectivity index (χ3v) is 5.10. The second-order valence-corrected chi connectivity index (χ2v) is 9.24. The Labute approximate surface area is 166 Å². The first-order valence-electron chi connectivity index (χ1n) is 9.00. The van der Waals surface area contributed by atoms with Crippen molar-refractivity contribution in [2.75, 3.05) is 6.54 Å². The molecule has 0 bridgehead atoms. The molecule has 142 valence electrons. The van der Waals surface area contributed by atoms with E-state index in [2.05, 4.69) is 34.6 Å². The van der Waals surface area contributed by atoms with Gasteiger partial charge in [0, 0.05) is 17.3 Å². The Balaban J connectivity index is 2.72. The van der Waals surface area contributed by atoms with E-state index in [1.807, 2.05) is 24.3 Å². The Morgan fingerprint density at radius 1 is 1.23 bits per heavy atom. The zero-order valence-corrected chi connectivity index (χ0v) is 17.7. The molecule has 5 heteroatoms. The molecule has 1 aliphatic heterocycles.